The second-order valence-corrected chi connectivity index (χ2v) is 4.73. The lowest BCUT2D eigenvalue weighted by atomic mass is 10.2. The third kappa shape index (κ3) is 3.17. The Bertz CT molecular complexity index is 195. The molecule has 0 aliphatic heterocycles. The average molecular weight is 216 g/mol. The van der Waals surface area contributed by atoms with Crippen LogP contribution in [0, 0.1) is 0 Å². The van der Waals surface area contributed by atoms with Crippen LogP contribution in [0.25, 0.3) is 0 Å². The molecule has 1 saturated carbocycles. The summed E-state index contributed by atoms with van der Waals surface area (Å²) >= 11 is 1.74. The molecule has 1 aliphatic carbocycles. The van der Waals surface area contributed by atoms with Crippen molar-refractivity contribution in [1.82, 2.24) is 4.90 Å². The lowest BCUT2D eigenvalue weighted by molar-refractivity contribution is -0.133. The van der Waals surface area contributed by atoms with Crippen molar-refractivity contribution in [3.63, 3.8) is 0 Å². The van der Waals surface area contributed by atoms with Crippen molar-refractivity contribution in [2.75, 3.05) is 18.6 Å². The molecular weight excluding hydrogens is 196 g/mol. The molecule has 0 radical (unpaired) electrons. The van der Waals surface area contributed by atoms with Crippen LogP contribution >= 0.6 is 11.8 Å². The molecule has 1 atom stereocenters. The zero-order valence-corrected chi connectivity index (χ0v) is 9.85. The number of hydrogen-bond acceptors (Lipinski definition) is 3. The standard InChI is InChI=1S/C10H20N2OS/c1-3-12(8-4-5-8)10(13)9(11)6-7-14-2/h8-9H,3-7,11H2,1-2H3/t9-/m1/s1. The Hall–Kier alpha value is -0.220. The molecule has 2 N–H and O–H groups in total. The average Bonchev–Trinajstić information content (AvgIpc) is 2.99. The van der Waals surface area contributed by atoms with Gasteiger partial charge in [0.25, 0.3) is 0 Å². The fourth-order valence-corrected chi connectivity index (χ4v) is 2.05. The fourth-order valence-electron chi connectivity index (χ4n) is 1.56. The third-order valence-electron chi connectivity index (χ3n) is 2.56. The van der Waals surface area contributed by atoms with Crippen LogP contribution in [0.2, 0.25) is 0 Å². The van der Waals surface area contributed by atoms with E-state index in [1.54, 1.807) is 11.8 Å². The van der Waals surface area contributed by atoms with Crippen LogP contribution in [0.5, 0.6) is 0 Å². The number of thioether (sulfide) groups is 1. The number of carbonyl (C=O) groups excluding carboxylic acids is 1. The van der Waals surface area contributed by atoms with Gasteiger partial charge in [-0.15, -0.1) is 0 Å². The van der Waals surface area contributed by atoms with Gasteiger partial charge in [0.1, 0.15) is 0 Å². The van der Waals surface area contributed by atoms with Crippen LogP contribution in [0.1, 0.15) is 26.2 Å². The summed E-state index contributed by atoms with van der Waals surface area (Å²) in [6, 6.07) is 0.204. The summed E-state index contributed by atoms with van der Waals surface area (Å²) < 4.78 is 0. The van der Waals surface area contributed by atoms with Crippen molar-refractivity contribution >= 4 is 17.7 Å². The topological polar surface area (TPSA) is 46.3 Å². The monoisotopic (exact) mass is 216 g/mol. The van der Waals surface area contributed by atoms with Gasteiger partial charge in [-0.2, -0.15) is 11.8 Å². The normalized spacial score (nSPS) is 17.9. The van der Waals surface area contributed by atoms with Gasteiger partial charge in [0.2, 0.25) is 5.91 Å². The maximum atomic E-state index is 11.9. The Balaban J connectivity index is 2.36. The summed E-state index contributed by atoms with van der Waals surface area (Å²) in [7, 11) is 0. The van der Waals surface area contributed by atoms with Gasteiger partial charge in [-0.25, -0.2) is 0 Å². The summed E-state index contributed by atoms with van der Waals surface area (Å²) in [4.78, 5) is 13.8. The number of hydrogen-bond donors (Lipinski definition) is 1. The van der Waals surface area contributed by atoms with E-state index in [-0.39, 0.29) is 11.9 Å². The van der Waals surface area contributed by atoms with Gasteiger partial charge in [0.15, 0.2) is 0 Å². The molecule has 1 rings (SSSR count). The smallest absolute Gasteiger partial charge is 0.239 e. The molecule has 1 amide bonds. The van der Waals surface area contributed by atoms with Crippen LogP contribution in [-0.4, -0.2) is 41.4 Å². The van der Waals surface area contributed by atoms with Crippen LogP contribution in [0.3, 0.4) is 0 Å². The fraction of sp³-hybridized carbons (Fsp3) is 0.900. The Kier molecular flexibility index (Phi) is 4.75. The summed E-state index contributed by atoms with van der Waals surface area (Å²) in [5.41, 5.74) is 5.84. The minimum absolute atomic E-state index is 0.143. The molecule has 0 saturated heterocycles. The van der Waals surface area contributed by atoms with E-state index in [0.717, 1.165) is 31.6 Å². The highest BCUT2D eigenvalue weighted by Crippen LogP contribution is 2.27. The van der Waals surface area contributed by atoms with E-state index in [0.29, 0.717) is 6.04 Å². The first-order chi connectivity index (χ1) is 6.70. The summed E-state index contributed by atoms with van der Waals surface area (Å²) in [5, 5.41) is 0. The van der Waals surface area contributed by atoms with Crippen LogP contribution in [0.15, 0.2) is 0 Å². The van der Waals surface area contributed by atoms with Gasteiger partial charge in [-0.3, -0.25) is 4.79 Å². The summed E-state index contributed by atoms with van der Waals surface area (Å²) in [6.45, 7) is 2.83. The van der Waals surface area contributed by atoms with Gasteiger partial charge in [-0.1, -0.05) is 0 Å². The van der Waals surface area contributed by atoms with E-state index in [1.165, 1.54) is 0 Å². The highest BCUT2D eigenvalue weighted by Gasteiger charge is 2.33. The molecule has 0 unspecified atom stereocenters. The van der Waals surface area contributed by atoms with E-state index in [9.17, 15) is 4.79 Å². The van der Waals surface area contributed by atoms with Crippen molar-refractivity contribution in [3.8, 4) is 0 Å². The molecule has 4 heteroatoms. The van der Waals surface area contributed by atoms with Crippen LogP contribution < -0.4 is 5.73 Å². The second-order valence-electron chi connectivity index (χ2n) is 3.74. The number of rotatable bonds is 6. The minimum atomic E-state index is -0.289. The molecule has 0 heterocycles. The Morgan fingerprint density at radius 2 is 2.29 bits per heavy atom. The second kappa shape index (κ2) is 5.61. The molecule has 3 nitrogen and oxygen atoms in total. The summed E-state index contributed by atoms with van der Waals surface area (Å²) in [6.07, 6.45) is 5.16. The van der Waals surface area contributed by atoms with Gasteiger partial charge in [0.05, 0.1) is 6.04 Å². The number of amides is 1. The van der Waals surface area contributed by atoms with Crippen molar-refractivity contribution in [3.05, 3.63) is 0 Å². The molecule has 1 aliphatic rings. The lowest BCUT2D eigenvalue weighted by Crippen LogP contribution is -2.45. The van der Waals surface area contributed by atoms with E-state index < -0.39 is 0 Å². The SMILES string of the molecule is CCN(C(=O)[C@H](N)CCSC)C1CC1. The number of nitrogens with two attached hydrogens (primary N) is 1. The van der Waals surface area contributed by atoms with Gasteiger partial charge in [-0.05, 0) is 38.2 Å². The van der Waals surface area contributed by atoms with E-state index in [2.05, 4.69) is 0 Å². The maximum Gasteiger partial charge on any atom is 0.239 e. The molecule has 0 aromatic carbocycles. The van der Waals surface area contributed by atoms with Crippen molar-refractivity contribution < 1.29 is 4.79 Å². The van der Waals surface area contributed by atoms with E-state index in [4.69, 9.17) is 5.73 Å². The molecular formula is C10H20N2OS. The highest BCUT2D eigenvalue weighted by molar-refractivity contribution is 7.98. The molecule has 1 fully saturated rings. The number of nitrogens with zero attached hydrogens (tertiary/aromatic N) is 1. The molecule has 14 heavy (non-hydrogen) atoms. The Labute approximate surface area is 90.4 Å². The lowest BCUT2D eigenvalue weighted by Gasteiger charge is -2.23. The largest absolute Gasteiger partial charge is 0.339 e. The molecule has 0 bridgehead atoms. The number of likely N-dealkylation sites (N-methyl/N-ethyl adjacent to an activating group) is 1. The van der Waals surface area contributed by atoms with Gasteiger partial charge in [0, 0.05) is 12.6 Å². The predicted molar refractivity (Wildman–Crippen MR) is 61.4 cm³/mol. The zero-order chi connectivity index (χ0) is 10.6. The first kappa shape index (κ1) is 11.9. The quantitative estimate of drug-likeness (QED) is 0.722. The van der Waals surface area contributed by atoms with E-state index >= 15 is 0 Å². The van der Waals surface area contributed by atoms with Crippen molar-refractivity contribution in [1.29, 1.82) is 0 Å². The Morgan fingerprint density at radius 1 is 1.64 bits per heavy atom. The molecule has 0 aromatic rings. The molecule has 82 valence electrons. The third-order valence-corrected chi connectivity index (χ3v) is 3.21. The van der Waals surface area contributed by atoms with Crippen LogP contribution in [0.4, 0.5) is 0 Å². The first-order valence-electron chi connectivity index (χ1n) is 5.25. The first-order valence-corrected chi connectivity index (χ1v) is 6.65. The van der Waals surface area contributed by atoms with E-state index in [1.807, 2.05) is 18.1 Å². The van der Waals surface area contributed by atoms with Crippen molar-refractivity contribution in [2.45, 2.75) is 38.3 Å². The summed E-state index contributed by atoms with van der Waals surface area (Å²) in [5.74, 6) is 1.11. The van der Waals surface area contributed by atoms with Crippen molar-refractivity contribution in [2.24, 2.45) is 5.73 Å². The van der Waals surface area contributed by atoms with Crippen LogP contribution in [-0.2, 0) is 4.79 Å². The predicted octanol–water partition coefficient (Wildman–Crippen LogP) is 1.08. The Morgan fingerprint density at radius 3 is 2.71 bits per heavy atom. The maximum absolute atomic E-state index is 11.9. The molecule has 0 spiro atoms. The van der Waals surface area contributed by atoms with Gasteiger partial charge < -0.3 is 10.6 Å². The minimum Gasteiger partial charge on any atom is -0.339 e. The zero-order valence-electron chi connectivity index (χ0n) is 9.03. The van der Waals surface area contributed by atoms with Gasteiger partial charge >= 0.3 is 0 Å². The number of carbonyl (C=O) groups is 1. The highest BCUT2D eigenvalue weighted by atomic mass is 32.2. The molecule has 0 aromatic heterocycles.